The van der Waals surface area contributed by atoms with Crippen LogP contribution in [0.2, 0.25) is 10.0 Å². The zero-order valence-electron chi connectivity index (χ0n) is 16.2. The Balaban J connectivity index is 1.99. The summed E-state index contributed by atoms with van der Waals surface area (Å²) in [4.78, 5) is 12.1. The molecule has 0 saturated heterocycles. The summed E-state index contributed by atoms with van der Waals surface area (Å²) in [6, 6.07) is 17.8. The van der Waals surface area contributed by atoms with E-state index in [1.807, 2.05) is 24.3 Å². The Kier molecular flexibility index (Phi) is 5.53. The van der Waals surface area contributed by atoms with Crippen molar-refractivity contribution in [3.05, 3.63) is 81.3 Å². The highest BCUT2D eigenvalue weighted by Crippen LogP contribution is 2.35. The van der Waals surface area contributed by atoms with Gasteiger partial charge in [0.1, 0.15) is 0 Å². The number of amides is 1. The molecule has 1 amide bonds. The largest absolute Gasteiger partial charge is 0.366 e. The quantitative estimate of drug-likeness (QED) is 0.372. The normalized spacial score (nSPS) is 11.4. The third-order valence-corrected chi connectivity index (χ3v) is 6.26. The van der Waals surface area contributed by atoms with Crippen molar-refractivity contribution in [2.45, 2.75) is 32.7 Å². The van der Waals surface area contributed by atoms with E-state index < -0.39 is 5.91 Å². The number of hydrogen-bond acceptors (Lipinski definition) is 1. The summed E-state index contributed by atoms with van der Waals surface area (Å²) in [7, 11) is 0. The van der Waals surface area contributed by atoms with Gasteiger partial charge in [0.05, 0.1) is 15.6 Å². The van der Waals surface area contributed by atoms with Crippen molar-refractivity contribution in [3.8, 4) is 0 Å². The molecule has 1 heterocycles. The lowest BCUT2D eigenvalue weighted by molar-refractivity contribution is 0.100. The summed E-state index contributed by atoms with van der Waals surface area (Å²) in [5, 5.41) is 2.99. The fraction of sp³-hybridized carbons (Fsp3) is 0.208. The van der Waals surface area contributed by atoms with E-state index in [1.54, 1.807) is 12.1 Å². The van der Waals surface area contributed by atoms with Crippen LogP contribution in [-0.2, 0) is 13.0 Å². The van der Waals surface area contributed by atoms with Gasteiger partial charge in [-0.25, -0.2) is 0 Å². The summed E-state index contributed by atoms with van der Waals surface area (Å²) < 4.78 is 2.20. The summed E-state index contributed by atoms with van der Waals surface area (Å²) in [6.45, 7) is 2.74. The molecular formula is C24H22Cl2N2O. The standard InChI is InChI=1S/C24H22Cl2N2O/c1-2-3-6-15-11-12-17-21(13-15)28(14-16-7-4-9-19(25)23(16)26)20-10-5-8-18(22(17)20)24(27)29/h4-5,7-13H,2-3,6,14H2,1H3,(H2,27,29). The van der Waals surface area contributed by atoms with Crippen molar-refractivity contribution < 1.29 is 4.79 Å². The third-order valence-electron chi connectivity index (χ3n) is 5.40. The van der Waals surface area contributed by atoms with Crippen molar-refractivity contribution >= 4 is 50.9 Å². The van der Waals surface area contributed by atoms with Crippen LogP contribution in [0.4, 0.5) is 0 Å². The van der Waals surface area contributed by atoms with E-state index in [0.29, 0.717) is 22.2 Å². The Labute approximate surface area is 180 Å². The van der Waals surface area contributed by atoms with Gasteiger partial charge in [-0.05, 0) is 48.2 Å². The first kappa shape index (κ1) is 19.8. The second kappa shape index (κ2) is 8.10. The first-order valence-corrected chi connectivity index (χ1v) is 10.5. The number of halogens is 2. The molecule has 3 nitrogen and oxygen atoms in total. The van der Waals surface area contributed by atoms with Crippen LogP contribution >= 0.6 is 23.2 Å². The molecule has 1 aromatic heterocycles. The molecule has 0 fully saturated rings. The fourth-order valence-electron chi connectivity index (χ4n) is 3.94. The van der Waals surface area contributed by atoms with Gasteiger partial charge in [-0.2, -0.15) is 0 Å². The molecule has 0 aliphatic carbocycles. The van der Waals surface area contributed by atoms with E-state index in [2.05, 4.69) is 29.7 Å². The smallest absolute Gasteiger partial charge is 0.249 e. The van der Waals surface area contributed by atoms with Crippen LogP contribution in [0.3, 0.4) is 0 Å². The predicted octanol–water partition coefficient (Wildman–Crippen LogP) is 6.59. The minimum atomic E-state index is -0.425. The van der Waals surface area contributed by atoms with Crippen molar-refractivity contribution in [2.75, 3.05) is 0 Å². The molecule has 2 N–H and O–H groups in total. The van der Waals surface area contributed by atoms with Crippen LogP contribution in [0.25, 0.3) is 21.8 Å². The molecule has 0 spiro atoms. The van der Waals surface area contributed by atoms with Gasteiger partial charge in [-0.15, -0.1) is 0 Å². The Hall–Kier alpha value is -2.49. The van der Waals surface area contributed by atoms with E-state index in [1.165, 1.54) is 5.56 Å². The average molecular weight is 425 g/mol. The maximum atomic E-state index is 12.1. The lowest BCUT2D eigenvalue weighted by Gasteiger charge is -2.11. The number of nitrogens with zero attached hydrogens (tertiary/aromatic N) is 1. The number of unbranched alkanes of at least 4 members (excludes halogenated alkanes) is 1. The molecule has 0 radical (unpaired) electrons. The van der Waals surface area contributed by atoms with Gasteiger partial charge >= 0.3 is 0 Å². The minimum absolute atomic E-state index is 0.425. The number of hydrogen-bond donors (Lipinski definition) is 1. The topological polar surface area (TPSA) is 48.0 Å². The van der Waals surface area contributed by atoms with E-state index >= 15 is 0 Å². The van der Waals surface area contributed by atoms with Crippen molar-refractivity contribution in [1.29, 1.82) is 0 Å². The predicted molar refractivity (Wildman–Crippen MR) is 122 cm³/mol. The Bertz CT molecular complexity index is 1230. The van der Waals surface area contributed by atoms with Gasteiger partial charge in [0.15, 0.2) is 0 Å². The van der Waals surface area contributed by atoms with Crippen molar-refractivity contribution in [1.82, 2.24) is 4.57 Å². The fourth-order valence-corrected chi connectivity index (χ4v) is 4.32. The monoisotopic (exact) mass is 424 g/mol. The molecule has 29 heavy (non-hydrogen) atoms. The number of benzene rings is 3. The zero-order chi connectivity index (χ0) is 20.5. The van der Waals surface area contributed by atoms with Crippen LogP contribution in [0.15, 0.2) is 54.6 Å². The average Bonchev–Trinajstić information content (AvgIpc) is 3.03. The molecule has 3 aromatic carbocycles. The zero-order valence-corrected chi connectivity index (χ0v) is 17.7. The summed E-state index contributed by atoms with van der Waals surface area (Å²) in [5.74, 6) is -0.425. The lowest BCUT2D eigenvalue weighted by atomic mass is 10.0. The summed E-state index contributed by atoms with van der Waals surface area (Å²) in [6.07, 6.45) is 3.30. The number of aryl methyl sites for hydroxylation is 1. The summed E-state index contributed by atoms with van der Waals surface area (Å²) >= 11 is 12.7. The second-order valence-electron chi connectivity index (χ2n) is 7.32. The Morgan fingerprint density at radius 2 is 1.83 bits per heavy atom. The highest BCUT2D eigenvalue weighted by Gasteiger charge is 2.18. The van der Waals surface area contributed by atoms with Gasteiger partial charge in [-0.1, -0.05) is 66.9 Å². The number of primary amides is 1. The number of carbonyl (C=O) groups excluding carboxylic acids is 1. The molecule has 0 aliphatic heterocycles. The third kappa shape index (κ3) is 3.61. The maximum absolute atomic E-state index is 12.1. The van der Waals surface area contributed by atoms with Crippen molar-refractivity contribution in [2.24, 2.45) is 5.73 Å². The van der Waals surface area contributed by atoms with Gasteiger partial charge in [0.25, 0.3) is 0 Å². The SMILES string of the molecule is CCCCc1ccc2c3c(C(N)=O)cccc3n(Cc3cccc(Cl)c3Cl)c2c1. The number of nitrogens with two attached hydrogens (primary N) is 1. The van der Waals surface area contributed by atoms with Crippen LogP contribution in [-0.4, -0.2) is 10.5 Å². The molecular weight excluding hydrogens is 403 g/mol. The van der Waals surface area contributed by atoms with E-state index in [0.717, 1.165) is 46.6 Å². The highest BCUT2D eigenvalue weighted by atomic mass is 35.5. The lowest BCUT2D eigenvalue weighted by Crippen LogP contribution is -2.11. The van der Waals surface area contributed by atoms with Gasteiger partial charge < -0.3 is 10.3 Å². The molecule has 0 bridgehead atoms. The minimum Gasteiger partial charge on any atom is -0.366 e. The van der Waals surface area contributed by atoms with Crippen LogP contribution in [0.5, 0.6) is 0 Å². The molecule has 5 heteroatoms. The molecule has 4 rings (SSSR count). The molecule has 0 aliphatic rings. The molecule has 0 atom stereocenters. The molecule has 0 saturated carbocycles. The van der Waals surface area contributed by atoms with Crippen molar-refractivity contribution in [3.63, 3.8) is 0 Å². The second-order valence-corrected chi connectivity index (χ2v) is 8.10. The summed E-state index contributed by atoms with van der Waals surface area (Å²) in [5.41, 5.74) is 10.5. The molecule has 148 valence electrons. The van der Waals surface area contributed by atoms with Crippen LogP contribution in [0.1, 0.15) is 41.3 Å². The maximum Gasteiger partial charge on any atom is 0.249 e. The first-order valence-electron chi connectivity index (χ1n) is 9.77. The van der Waals surface area contributed by atoms with Crippen LogP contribution < -0.4 is 5.73 Å². The van der Waals surface area contributed by atoms with Gasteiger partial charge in [-0.3, -0.25) is 4.79 Å². The molecule has 0 unspecified atom stereocenters. The highest BCUT2D eigenvalue weighted by molar-refractivity contribution is 6.42. The van der Waals surface area contributed by atoms with E-state index in [-0.39, 0.29) is 0 Å². The Morgan fingerprint density at radius 3 is 2.59 bits per heavy atom. The van der Waals surface area contributed by atoms with Gasteiger partial charge in [0, 0.05) is 28.4 Å². The Morgan fingerprint density at radius 1 is 1.03 bits per heavy atom. The number of rotatable bonds is 6. The van der Waals surface area contributed by atoms with Crippen LogP contribution in [0, 0.1) is 0 Å². The van der Waals surface area contributed by atoms with Gasteiger partial charge in [0.2, 0.25) is 5.91 Å². The number of aromatic nitrogens is 1. The number of fused-ring (bicyclic) bond motifs is 3. The molecule has 4 aromatic rings. The van der Waals surface area contributed by atoms with E-state index in [9.17, 15) is 4.79 Å². The van der Waals surface area contributed by atoms with E-state index in [4.69, 9.17) is 28.9 Å². The first-order chi connectivity index (χ1) is 14.0. The number of carbonyl (C=O) groups is 1.